The van der Waals surface area contributed by atoms with Crippen molar-refractivity contribution >= 4 is 10.8 Å². The second kappa shape index (κ2) is 6.92. The van der Waals surface area contributed by atoms with E-state index in [0.29, 0.717) is 35.1 Å². The van der Waals surface area contributed by atoms with Crippen LogP contribution in [0.5, 0.6) is 5.75 Å². The third-order valence-corrected chi connectivity index (χ3v) is 2.71. The van der Waals surface area contributed by atoms with Crippen molar-refractivity contribution in [1.82, 2.24) is 4.98 Å². The van der Waals surface area contributed by atoms with E-state index in [2.05, 4.69) is 4.98 Å². The summed E-state index contributed by atoms with van der Waals surface area (Å²) in [7, 11) is 0. The summed E-state index contributed by atoms with van der Waals surface area (Å²) >= 11 is 0. The van der Waals surface area contributed by atoms with Crippen LogP contribution in [0.2, 0.25) is 0 Å². The van der Waals surface area contributed by atoms with Gasteiger partial charge in [0.15, 0.2) is 0 Å². The Morgan fingerprint density at radius 1 is 1.21 bits per heavy atom. The van der Waals surface area contributed by atoms with Crippen LogP contribution in [0.1, 0.15) is 33.3 Å². The SMILES string of the molecule is CC.CCOc1c[nH]c(=O)c2cc(CC)c(F)cc12. The van der Waals surface area contributed by atoms with Crippen LogP contribution >= 0.6 is 0 Å². The molecule has 2 aromatic rings. The highest BCUT2D eigenvalue weighted by Gasteiger charge is 2.10. The maximum atomic E-state index is 13.7. The van der Waals surface area contributed by atoms with Crippen LogP contribution < -0.4 is 10.3 Å². The molecule has 1 aromatic heterocycles. The summed E-state index contributed by atoms with van der Waals surface area (Å²) in [5, 5.41) is 0.986. The van der Waals surface area contributed by atoms with Gasteiger partial charge in [-0.2, -0.15) is 0 Å². The number of aromatic nitrogens is 1. The van der Waals surface area contributed by atoms with Crippen LogP contribution in [0.15, 0.2) is 23.1 Å². The largest absolute Gasteiger partial charge is 0.492 e. The Kier molecular flexibility index (Phi) is 5.55. The van der Waals surface area contributed by atoms with E-state index >= 15 is 0 Å². The van der Waals surface area contributed by atoms with E-state index in [1.165, 1.54) is 12.3 Å². The van der Waals surface area contributed by atoms with Crippen LogP contribution in [0.3, 0.4) is 0 Å². The third-order valence-electron chi connectivity index (χ3n) is 2.71. The highest BCUT2D eigenvalue weighted by Crippen LogP contribution is 2.25. The number of benzene rings is 1. The fraction of sp³-hybridized carbons (Fsp3) is 0.400. The quantitative estimate of drug-likeness (QED) is 0.920. The first-order valence-electron chi connectivity index (χ1n) is 6.64. The number of aromatic amines is 1. The molecule has 2 rings (SSSR count). The van der Waals surface area contributed by atoms with Gasteiger partial charge in [0.2, 0.25) is 0 Å². The number of rotatable bonds is 3. The lowest BCUT2D eigenvalue weighted by Gasteiger charge is -2.08. The number of nitrogens with one attached hydrogen (secondary N) is 1. The Balaban J connectivity index is 0.000000861. The Hall–Kier alpha value is -1.84. The smallest absolute Gasteiger partial charge is 0.256 e. The van der Waals surface area contributed by atoms with E-state index in [1.807, 2.05) is 27.7 Å². The average Bonchev–Trinajstić information content (AvgIpc) is 2.44. The number of aryl methyl sites for hydroxylation is 1. The van der Waals surface area contributed by atoms with Crippen LogP contribution in [0, 0.1) is 5.82 Å². The summed E-state index contributed by atoms with van der Waals surface area (Å²) in [6.07, 6.45) is 2.03. The monoisotopic (exact) mass is 265 g/mol. The van der Waals surface area contributed by atoms with Crippen molar-refractivity contribution in [3.63, 3.8) is 0 Å². The lowest BCUT2D eigenvalue weighted by molar-refractivity contribution is 0.343. The molecule has 19 heavy (non-hydrogen) atoms. The van der Waals surface area contributed by atoms with Crippen molar-refractivity contribution < 1.29 is 9.13 Å². The average molecular weight is 265 g/mol. The maximum absolute atomic E-state index is 13.7. The van der Waals surface area contributed by atoms with Gasteiger partial charge in [-0.25, -0.2) is 4.39 Å². The number of hydrogen-bond acceptors (Lipinski definition) is 2. The van der Waals surface area contributed by atoms with Crippen molar-refractivity contribution in [2.24, 2.45) is 0 Å². The zero-order valence-corrected chi connectivity index (χ0v) is 11.8. The lowest BCUT2D eigenvalue weighted by atomic mass is 10.1. The normalized spacial score (nSPS) is 9.95. The molecule has 0 amide bonds. The van der Waals surface area contributed by atoms with E-state index in [-0.39, 0.29) is 11.4 Å². The number of ether oxygens (including phenoxy) is 1. The Bertz CT molecular complexity index is 605. The molecule has 0 atom stereocenters. The Labute approximate surface area is 112 Å². The zero-order chi connectivity index (χ0) is 14.4. The number of H-pyrrole nitrogens is 1. The van der Waals surface area contributed by atoms with Crippen molar-refractivity contribution in [1.29, 1.82) is 0 Å². The molecule has 0 aliphatic carbocycles. The minimum Gasteiger partial charge on any atom is -0.492 e. The first kappa shape index (κ1) is 15.2. The third kappa shape index (κ3) is 3.13. The van der Waals surface area contributed by atoms with Crippen LogP contribution in [-0.2, 0) is 6.42 Å². The standard InChI is InChI=1S/C13H14FNO2.C2H6/c1-3-8-5-10-9(6-11(8)14)12(17-4-2)7-15-13(10)16;1-2/h5-7H,3-4H2,1-2H3,(H,15,16);1-2H3. The van der Waals surface area contributed by atoms with E-state index in [9.17, 15) is 9.18 Å². The minimum absolute atomic E-state index is 0.224. The fourth-order valence-electron chi connectivity index (χ4n) is 1.84. The van der Waals surface area contributed by atoms with Gasteiger partial charge in [0, 0.05) is 11.6 Å². The van der Waals surface area contributed by atoms with Crippen LogP contribution in [0.25, 0.3) is 10.8 Å². The van der Waals surface area contributed by atoms with Crippen LogP contribution in [-0.4, -0.2) is 11.6 Å². The van der Waals surface area contributed by atoms with Gasteiger partial charge in [0.05, 0.1) is 12.0 Å². The molecule has 0 saturated carbocycles. The highest BCUT2D eigenvalue weighted by molar-refractivity contribution is 5.87. The predicted octanol–water partition coefficient (Wildman–Crippen LogP) is 3.65. The van der Waals surface area contributed by atoms with Gasteiger partial charge in [0.1, 0.15) is 11.6 Å². The van der Waals surface area contributed by atoms with Gasteiger partial charge < -0.3 is 9.72 Å². The summed E-state index contributed by atoms with van der Waals surface area (Å²) in [5.74, 6) is 0.204. The van der Waals surface area contributed by atoms with E-state index in [4.69, 9.17) is 4.74 Å². The van der Waals surface area contributed by atoms with E-state index in [1.54, 1.807) is 6.07 Å². The molecule has 3 nitrogen and oxygen atoms in total. The molecule has 0 aliphatic rings. The van der Waals surface area contributed by atoms with Crippen molar-refractivity contribution in [2.75, 3.05) is 6.61 Å². The summed E-state index contributed by atoms with van der Waals surface area (Å²) in [6.45, 7) is 8.16. The number of halogens is 1. The number of hydrogen-bond donors (Lipinski definition) is 1. The first-order chi connectivity index (χ1) is 9.17. The first-order valence-corrected chi connectivity index (χ1v) is 6.64. The Morgan fingerprint density at radius 3 is 2.47 bits per heavy atom. The molecule has 0 bridgehead atoms. The summed E-state index contributed by atoms with van der Waals surface area (Å²) in [5.41, 5.74) is 0.315. The summed E-state index contributed by atoms with van der Waals surface area (Å²) < 4.78 is 19.1. The molecule has 1 heterocycles. The molecule has 0 radical (unpaired) electrons. The van der Waals surface area contributed by atoms with Gasteiger partial charge in [0.25, 0.3) is 5.56 Å². The maximum Gasteiger partial charge on any atom is 0.256 e. The lowest BCUT2D eigenvalue weighted by Crippen LogP contribution is -2.08. The topological polar surface area (TPSA) is 42.1 Å². The summed E-state index contributed by atoms with van der Waals surface area (Å²) in [6, 6.07) is 2.96. The number of fused-ring (bicyclic) bond motifs is 1. The molecule has 0 saturated heterocycles. The second-order valence-corrected chi connectivity index (χ2v) is 3.76. The van der Waals surface area contributed by atoms with Crippen LogP contribution in [0.4, 0.5) is 4.39 Å². The molecular weight excluding hydrogens is 245 g/mol. The summed E-state index contributed by atoms with van der Waals surface area (Å²) in [4.78, 5) is 14.3. The molecule has 0 spiro atoms. The van der Waals surface area contributed by atoms with Gasteiger partial charge in [-0.15, -0.1) is 0 Å². The molecule has 0 unspecified atom stereocenters. The molecule has 104 valence electrons. The van der Waals surface area contributed by atoms with E-state index in [0.717, 1.165) is 0 Å². The fourth-order valence-corrected chi connectivity index (χ4v) is 1.84. The molecule has 0 fully saturated rings. The van der Waals surface area contributed by atoms with Gasteiger partial charge in [-0.1, -0.05) is 20.8 Å². The highest BCUT2D eigenvalue weighted by atomic mass is 19.1. The Morgan fingerprint density at radius 2 is 1.89 bits per heavy atom. The van der Waals surface area contributed by atoms with Gasteiger partial charge in [-0.3, -0.25) is 4.79 Å². The number of pyridine rings is 1. The zero-order valence-electron chi connectivity index (χ0n) is 11.8. The van der Waals surface area contributed by atoms with Crippen molar-refractivity contribution in [3.05, 3.63) is 40.1 Å². The van der Waals surface area contributed by atoms with Gasteiger partial charge in [-0.05, 0) is 31.0 Å². The van der Waals surface area contributed by atoms with Gasteiger partial charge >= 0.3 is 0 Å². The second-order valence-electron chi connectivity index (χ2n) is 3.76. The van der Waals surface area contributed by atoms with Crippen molar-refractivity contribution in [2.45, 2.75) is 34.1 Å². The minimum atomic E-state index is -0.299. The molecule has 4 heteroatoms. The predicted molar refractivity (Wildman–Crippen MR) is 76.4 cm³/mol. The molecule has 1 N–H and O–H groups in total. The molecule has 1 aromatic carbocycles. The van der Waals surface area contributed by atoms with E-state index < -0.39 is 0 Å². The molecular formula is C15H20FNO2. The molecule has 0 aliphatic heterocycles. The van der Waals surface area contributed by atoms with Crippen molar-refractivity contribution in [3.8, 4) is 5.75 Å².